The van der Waals surface area contributed by atoms with Crippen LogP contribution in [0.25, 0.3) is 0 Å². The molecule has 0 spiro atoms. The Balaban J connectivity index is 1.86. The van der Waals surface area contributed by atoms with Crippen molar-refractivity contribution in [1.29, 1.82) is 0 Å². The van der Waals surface area contributed by atoms with Gasteiger partial charge in [0.1, 0.15) is 18.1 Å². The third-order valence-corrected chi connectivity index (χ3v) is 3.39. The average Bonchev–Trinajstić information content (AvgIpc) is 2.79. The van der Waals surface area contributed by atoms with Crippen LogP contribution < -0.4 is 17.2 Å². The molecular formula is C12H15B2N3O12. The van der Waals surface area contributed by atoms with Crippen LogP contribution in [0, 0.1) is 0 Å². The lowest BCUT2D eigenvalue weighted by Crippen LogP contribution is -2.43. The van der Waals surface area contributed by atoms with Gasteiger partial charge in [-0.2, -0.15) is 0 Å². The lowest BCUT2D eigenvalue weighted by atomic mass is 10.1. The highest BCUT2D eigenvalue weighted by Gasteiger charge is 2.44. The number of carbonyl (C=O) groups is 6. The summed E-state index contributed by atoms with van der Waals surface area (Å²) in [5.41, 5.74) is 16.1. The number of rotatable bonds is 5. The molecule has 0 saturated carbocycles. The molecule has 2 aliphatic heterocycles. The summed E-state index contributed by atoms with van der Waals surface area (Å²) in [5, 5.41) is 0. The molecule has 2 fully saturated rings. The molecule has 17 heteroatoms. The molecule has 29 heavy (non-hydrogen) atoms. The minimum atomic E-state index is -2.04. The van der Waals surface area contributed by atoms with Crippen LogP contribution in [0.1, 0.15) is 19.3 Å². The Hall–Kier alpha value is -3.17. The molecule has 0 aromatic heterocycles. The summed E-state index contributed by atoms with van der Waals surface area (Å²) in [6.45, 7) is 0. The van der Waals surface area contributed by atoms with E-state index < -0.39 is 87.8 Å². The molecule has 3 atom stereocenters. The second-order valence-electron chi connectivity index (χ2n) is 5.79. The highest BCUT2D eigenvalue weighted by atomic mass is 16.8. The van der Waals surface area contributed by atoms with E-state index >= 15 is 0 Å². The largest absolute Gasteiger partial charge is 0.870 e. The second kappa shape index (κ2) is 9.35. The van der Waals surface area contributed by atoms with Crippen LogP contribution in [0.5, 0.6) is 0 Å². The molecule has 0 amide bonds. The van der Waals surface area contributed by atoms with Gasteiger partial charge in [0.05, 0.1) is 19.3 Å². The van der Waals surface area contributed by atoms with Gasteiger partial charge in [-0.1, -0.05) is 0 Å². The molecule has 0 aromatic rings. The van der Waals surface area contributed by atoms with Gasteiger partial charge < -0.3 is 45.1 Å². The number of hydrogen-bond donors (Lipinski definition) is 3. The van der Waals surface area contributed by atoms with E-state index in [0.29, 0.717) is 0 Å². The Morgan fingerprint density at radius 1 is 0.897 bits per heavy atom. The first-order chi connectivity index (χ1) is 13.5. The molecular weight excluding hydrogens is 400 g/mol. The maximum absolute atomic E-state index is 11.9. The molecule has 15 nitrogen and oxygen atoms in total. The Bertz CT molecular complexity index is 733. The third kappa shape index (κ3) is 6.44. The van der Waals surface area contributed by atoms with Gasteiger partial charge in [-0.15, -0.1) is 0 Å². The maximum Gasteiger partial charge on any atom is 0.870 e. The molecule has 0 aromatic carbocycles. The Morgan fingerprint density at radius 2 is 1.34 bits per heavy atom. The fraction of sp³-hybridized carbons (Fsp3) is 0.500. The molecule has 2 aliphatic rings. The highest BCUT2D eigenvalue weighted by Crippen LogP contribution is 2.10. The minimum Gasteiger partial charge on any atom is -0.462 e. The Labute approximate surface area is 162 Å². The summed E-state index contributed by atoms with van der Waals surface area (Å²) in [4.78, 5) is 69.4. The van der Waals surface area contributed by atoms with Crippen molar-refractivity contribution in [1.82, 2.24) is 0 Å². The van der Waals surface area contributed by atoms with Gasteiger partial charge in [0.25, 0.3) is 17.9 Å². The lowest BCUT2D eigenvalue weighted by Gasteiger charge is -2.15. The zero-order chi connectivity index (χ0) is 21.7. The average molecular weight is 415 g/mol. The van der Waals surface area contributed by atoms with E-state index in [1.165, 1.54) is 0 Å². The van der Waals surface area contributed by atoms with E-state index in [1.807, 2.05) is 0 Å². The molecule has 6 N–H and O–H groups in total. The third-order valence-electron chi connectivity index (χ3n) is 3.39. The van der Waals surface area contributed by atoms with Gasteiger partial charge in [0.2, 0.25) is 0 Å². The molecule has 0 bridgehead atoms. The smallest absolute Gasteiger partial charge is 0.462 e. The molecule has 0 radical (unpaired) electrons. The van der Waals surface area contributed by atoms with Crippen LogP contribution in [-0.2, 0) is 56.7 Å². The predicted octanol–water partition coefficient (Wildman–Crippen LogP) is -4.61. The summed E-state index contributed by atoms with van der Waals surface area (Å²) in [7, 11) is -4.05. The quantitative estimate of drug-likeness (QED) is 0.358. The van der Waals surface area contributed by atoms with Crippen molar-refractivity contribution < 1.29 is 56.7 Å². The van der Waals surface area contributed by atoms with Crippen LogP contribution in [0.3, 0.4) is 0 Å². The summed E-state index contributed by atoms with van der Waals surface area (Å²) in [6.07, 6.45) is -1.81. The van der Waals surface area contributed by atoms with E-state index in [9.17, 15) is 28.8 Å². The van der Waals surface area contributed by atoms with E-state index in [1.54, 1.807) is 0 Å². The van der Waals surface area contributed by atoms with Crippen molar-refractivity contribution in [2.75, 3.05) is 0 Å². The molecule has 2 rings (SSSR count). The van der Waals surface area contributed by atoms with Gasteiger partial charge in [-0.25, -0.2) is 0 Å². The fourth-order valence-corrected chi connectivity index (χ4v) is 1.95. The van der Waals surface area contributed by atoms with Crippen molar-refractivity contribution in [3.63, 3.8) is 0 Å². The van der Waals surface area contributed by atoms with Crippen molar-refractivity contribution in [3.8, 4) is 0 Å². The predicted molar refractivity (Wildman–Crippen MR) is 85.8 cm³/mol. The molecule has 0 aliphatic carbocycles. The van der Waals surface area contributed by atoms with Crippen LogP contribution in [0.2, 0.25) is 0 Å². The summed E-state index contributed by atoms with van der Waals surface area (Å²) >= 11 is 0. The van der Waals surface area contributed by atoms with Gasteiger partial charge in [-0.05, 0) is 0 Å². The van der Waals surface area contributed by atoms with Crippen molar-refractivity contribution >= 4 is 50.5 Å². The maximum atomic E-state index is 11.9. The lowest BCUT2D eigenvalue weighted by molar-refractivity contribution is -0.151. The van der Waals surface area contributed by atoms with Crippen LogP contribution >= 0.6 is 0 Å². The molecule has 2 heterocycles. The van der Waals surface area contributed by atoms with Gasteiger partial charge >= 0.3 is 32.6 Å². The standard InChI is InChI=1S/C12H15B2N3O12/c15-4-1-7(18)24-13(27-10(4)21)25-8(19)2-5(16)11(22)28-14-26-9(20)3-6(17)12(23)29-14/h4-6H,1-3,15-17H2/t4-,5+,6-/m1/s1. The fourth-order valence-electron chi connectivity index (χ4n) is 1.95. The Kier molecular flexibility index (Phi) is 7.13. The van der Waals surface area contributed by atoms with Crippen LogP contribution in [-0.4, -0.2) is 68.6 Å². The normalized spacial score (nSPS) is 23.6. The van der Waals surface area contributed by atoms with Gasteiger partial charge in [-0.3, -0.25) is 28.8 Å². The highest BCUT2D eigenvalue weighted by molar-refractivity contribution is 6.45. The summed E-state index contributed by atoms with van der Waals surface area (Å²) in [6, 6.07) is -4.26. The van der Waals surface area contributed by atoms with Crippen molar-refractivity contribution in [3.05, 3.63) is 0 Å². The van der Waals surface area contributed by atoms with Gasteiger partial charge in [0, 0.05) is 0 Å². The summed E-state index contributed by atoms with van der Waals surface area (Å²) in [5.74, 6) is -6.55. The zero-order valence-corrected chi connectivity index (χ0v) is 14.6. The van der Waals surface area contributed by atoms with E-state index in [2.05, 4.69) is 27.9 Å². The topological polar surface area (TPSA) is 236 Å². The summed E-state index contributed by atoms with van der Waals surface area (Å²) < 4.78 is 27.3. The van der Waals surface area contributed by atoms with Crippen molar-refractivity contribution in [2.24, 2.45) is 17.2 Å². The molecule has 0 unspecified atom stereocenters. The van der Waals surface area contributed by atoms with Crippen molar-refractivity contribution in [2.45, 2.75) is 37.4 Å². The van der Waals surface area contributed by atoms with E-state index in [4.69, 9.17) is 17.2 Å². The number of carbonyl (C=O) groups excluding carboxylic acids is 6. The first-order valence-electron chi connectivity index (χ1n) is 8.02. The number of hydrogen-bond acceptors (Lipinski definition) is 15. The SMILES string of the molecule is N[C@@H]1CC(=O)OB(OC(=O)C[C@H](N)C(=O)OB2OC(=O)C[C@@H](N)C(=O)O2)OC1=O. The first kappa shape index (κ1) is 22.1. The zero-order valence-electron chi connectivity index (χ0n) is 14.6. The Morgan fingerprint density at radius 3 is 1.83 bits per heavy atom. The second-order valence-corrected chi connectivity index (χ2v) is 5.79. The molecule has 156 valence electrons. The minimum absolute atomic E-state index is 0.485. The van der Waals surface area contributed by atoms with E-state index in [-0.39, 0.29) is 0 Å². The first-order valence-corrected chi connectivity index (χ1v) is 8.02. The monoisotopic (exact) mass is 415 g/mol. The molecule has 2 saturated heterocycles. The van der Waals surface area contributed by atoms with Gasteiger partial charge in [0.15, 0.2) is 0 Å². The van der Waals surface area contributed by atoms with E-state index in [0.717, 1.165) is 0 Å². The van der Waals surface area contributed by atoms with Crippen LogP contribution in [0.15, 0.2) is 0 Å². The number of nitrogens with two attached hydrogens (primary N) is 3. The van der Waals surface area contributed by atoms with Crippen LogP contribution in [0.4, 0.5) is 0 Å².